The Labute approximate surface area is 131 Å². The SMILES string of the molecule is CCc1cc(NCCCc2cnn(C)c2)c2ccccc2n1. The minimum Gasteiger partial charge on any atom is -0.384 e. The molecule has 0 saturated carbocycles. The molecule has 2 heterocycles. The number of pyridine rings is 1. The molecule has 3 rings (SSSR count). The molecule has 114 valence electrons. The van der Waals surface area contributed by atoms with Crippen molar-refractivity contribution in [3.63, 3.8) is 0 Å². The summed E-state index contributed by atoms with van der Waals surface area (Å²) in [4.78, 5) is 4.68. The summed E-state index contributed by atoms with van der Waals surface area (Å²) in [6, 6.07) is 10.5. The molecule has 0 fully saturated rings. The third-order valence-corrected chi connectivity index (χ3v) is 3.85. The summed E-state index contributed by atoms with van der Waals surface area (Å²) in [6.07, 6.45) is 7.11. The predicted molar refractivity (Wildman–Crippen MR) is 91.1 cm³/mol. The molecule has 0 saturated heterocycles. The van der Waals surface area contributed by atoms with E-state index in [2.05, 4.69) is 52.8 Å². The van der Waals surface area contributed by atoms with Crippen molar-refractivity contribution in [2.45, 2.75) is 26.2 Å². The lowest BCUT2D eigenvalue weighted by atomic mass is 10.1. The largest absolute Gasteiger partial charge is 0.384 e. The van der Waals surface area contributed by atoms with E-state index in [1.165, 1.54) is 16.6 Å². The Bertz CT molecular complexity index is 761. The van der Waals surface area contributed by atoms with Crippen molar-refractivity contribution in [2.75, 3.05) is 11.9 Å². The lowest BCUT2D eigenvalue weighted by Crippen LogP contribution is -2.04. The van der Waals surface area contributed by atoms with Crippen LogP contribution >= 0.6 is 0 Å². The summed E-state index contributed by atoms with van der Waals surface area (Å²) < 4.78 is 1.85. The van der Waals surface area contributed by atoms with Gasteiger partial charge in [0.1, 0.15) is 0 Å². The lowest BCUT2D eigenvalue weighted by Gasteiger charge is -2.11. The fourth-order valence-corrected chi connectivity index (χ4v) is 2.67. The van der Waals surface area contributed by atoms with E-state index in [1.54, 1.807) is 0 Å². The average molecular weight is 294 g/mol. The highest BCUT2D eigenvalue weighted by molar-refractivity contribution is 5.91. The Morgan fingerprint density at radius 2 is 2.09 bits per heavy atom. The summed E-state index contributed by atoms with van der Waals surface area (Å²) >= 11 is 0. The van der Waals surface area contributed by atoms with E-state index < -0.39 is 0 Å². The van der Waals surface area contributed by atoms with Crippen LogP contribution in [-0.2, 0) is 19.9 Å². The lowest BCUT2D eigenvalue weighted by molar-refractivity contribution is 0.766. The molecule has 1 N–H and O–H groups in total. The van der Waals surface area contributed by atoms with Crippen molar-refractivity contribution in [1.82, 2.24) is 14.8 Å². The van der Waals surface area contributed by atoms with Gasteiger partial charge in [0.15, 0.2) is 0 Å². The van der Waals surface area contributed by atoms with Gasteiger partial charge < -0.3 is 5.32 Å². The maximum Gasteiger partial charge on any atom is 0.0726 e. The van der Waals surface area contributed by atoms with Crippen molar-refractivity contribution < 1.29 is 0 Å². The summed E-state index contributed by atoms with van der Waals surface area (Å²) in [5.41, 5.74) is 4.68. The number of aryl methyl sites for hydroxylation is 3. The van der Waals surface area contributed by atoms with E-state index in [1.807, 2.05) is 24.0 Å². The van der Waals surface area contributed by atoms with Gasteiger partial charge in [0, 0.05) is 36.6 Å². The highest BCUT2D eigenvalue weighted by Crippen LogP contribution is 2.23. The molecule has 0 aliphatic rings. The van der Waals surface area contributed by atoms with E-state index in [0.717, 1.165) is 37.0 Å². The highest BCUT2D eigenvalue weighted by atomic mass is 15.2. The first-order valence-corrected chi connectivity index (χ1v) is 7.86. The number of nitrogens with one attached hydrogen (secondary N) is 1. The fraction of sp³-hybridized carbons (Fsp3) is 0.333. The number of hydrogen-bond acceptors (Lipinski definition) is 3. The number of benzene rings is 1. The molecule has 2 aromatic heterocycles. The Kier molecular flexibility index (Phi) is 4.37. The van der Waals surface area contributed by atoms with E-state index in [4.69, 9.17) is 0 Å². The topological polar surface area (TPSA) is 42.7 Å². The molecule has 3 aromatic rings. The molecule has 0 unspecified atom stereocenters. The molecular weight excluding hydrogens is 272 g/mol. The molecule has 0 radical (unpaired) electrons. The first-order valence-electron chi connectivity index (χ1n) is 7.86. The molecule has 4 heteroatoms. The maximum atomic E-state index is 4.68. The number of para-hydroxylation sites is 1. The summed E-state index contributed by atoms with van der Waals surface area (Å²) in [6.45, 7) is 3.09. The van der Waals surface area contributed by atoms with Gasteiger partial charge in [-0.1, -0.05) is 25.1 Å². The number of aromatic nitrogens is 3. The van der Waals surface area contributed by atoms with Gasteiger partial charge in [-0.2, -0.15) is 5.10 Å². The van der Waals surface area contributed by atoms with Gasteiger partial charge in [-0.3, -0.25) is 9.67 Å². The number of fused-ring (bicyclic) bond motifs is 1. The second-order valence-corrected chi connectivity index (χ2v) is 5.58. The number of nitrogens with zero attached hydrogens (tertiary/aromatic N) is 3. The van der Waals surface area contributed by atoms with E-state index in [9.17, 15) is 0 Å². The number of hydrogen-bond donors (Lipinski definition) is 1. The van der Waals surface area contributed by atoms with Crippen LogP contribution in [0.25, 0.3) is 10.9 Å². The molecule has 0 atom stereocenters. The van der Waals surface area contributed by atoms with Crippen LogP contribution in [0.2, 0.25) is 0 Å². The predicted octanol–water partition coefficient (Wildman–Crippen LogP) is 3.58. The van der Waals surface area contributed by atoms with Crippen molar-refractivity contribution in [2.24, 2.45) is 7.05 Å². The van der Waals surface area contributed by atoms with Gasteiger partial charge in [-0.25, -0.2) is 0 Å². The zero-order valence-corrected chi connectivity index (χ0v) is 13.2. The zero-order chi connectivity index (χ0) is 15.4. The Morgan fingerprint density at radius 3 is 2.86 bits per heavy atom. The van der Waals surface area contributed by atoms with Gasteiger partial charge in [-0.15, -0.1) is 0 Å². The first kappa shape index (κ1) is 14.6. The minimum absolute atomic E-state index is 0.950. The standard InChI is InChI=1S/C18H22N4/c1-3-15-11-18(16-8-4-5-9-17(16)21-15)19-10-6-7-14-12-20-22(2)13-14/h4-5,8-9,11-13H,3,6-7,10H2,1-2H3,(H,19,21). The van der Waals surface area contributed by atoms with E-state index >= 15 is 0 Å². The molecule has 4 nitrogen and oxygen atoms in total. The monoisotopic (exact) mass is 294 g/mol. The molecule has 0 amide bonds. The molecular formula is C18H22N4. The van der Waals surface area contributed by atoms with Gasteiger partial charge >= 0.3 is 0 Å². The van der Waals surface area contributed by atoms with Crippen LogP contribution in [0.1, 0.15) is 24.6 Å². The van der Waals surface area contributed by atoms with Crippen LogP contribution in [0.15, 0.2) is 42.7 Å². The van der Waals surface area contributed by atoms with E-state index in [-0.39, 0.29) is 0 Å². The minimum atomic E-state index is 0.950. The average Bonchev–Trinajstić information content (AvgIpc) is 2.96. The Morgan fingerprint density at radius 1 is 1.23 bits per heavy atom. The van der Waals surface area contributed by atoms with Gasteiger partial charge in [0.2, 0.25) is 0 Å². The van der Waals surface area contributed by atoms with Crippen molar-refractivity contribution in [3.8, 4) is 0 Å². The van der Waals surface area contributed by atoms with Crippen molar-refractivity contribution >= 4 is 16.6 Å². The van der Waals surface area contributed by atoms with Crippen molar-refractivity contribution in [3.05, 3.63) is 54.0 Å². The van der Waals surface area contributed by atoms with Crippen LogP contribution < -0.4 is 5.32 Å². The quantitative estimate of drug-likeness (QED) is 0.707. The van der Waals surface area contributed by atoms with Crippen LogP contribution in [0.5, 0.6) is 0 Å². The van der Waals surface area contributed by atoms with Gasteiger partial charge in [0.25, 0.3) is 0 Å². The summed E-state index contributed by atoms with van der Waals surface area (Å²) in [5.74, 6) is 0. The zero-order valence-electron chi connectivity index (χ0n) is 13.2. The summed E-state index contributed by atoms with van der Waals surface area (Å²) in [5, 5.41) is 8.97. The van der Waals surface area contributed by atoms with Gasteiger partial charge in [0.05, 0.1) is 11.7 Å². The van der Waals surface area contributed by atoms with Crippen LogP contribution in [0.4, 0.5) is 5.69 Å². The molecule has 0 spiro atoms. The second kappa shape index (κ2) is 6.60. The Balaban J connectivity index is 1.67. The maximum absolute atomic E-state index is 4.68. The first-order chi connectivity index (χ1) is 10.8. The normalized spacial score (nSPS) is 11.0. The van der Waals surface area contributed by atoms with Crippen LogP contribution in [0.3, 0.4) is 0 Å². The fourth-order valence-electron chi connectivity index (χ4n) is 2.67. The van der Waals surface area contributed by atoms with Crippen LogP contribution in [-0.4, -0.2) is 21.3 Å². The van der Waals surface area contributed by atoms with Gasteiger partial charge in [-0.05, 0) is 37.0 Å². The second-order valence-electron chi connectivity index (χ2n) is 5.58. The van der Waals surface area contributed by atoms with Crippen LogP contribution in [0, 0.1) is 0 Å². The van der Waals surface area contributed by atoms with E-state index in [0.29, 0.717) is 0 Å². The number of anilines is 1. The highest BCUT2D eigenvalue weighted by Gasteiger charge is 2.04. The smallest absolute Gasteiger partial charge is 0.0726 e. The Hall–Kier alpha value is -2.36. The molecule has 0 aliphatic heterocycles. The molecule has 0 aliphatic carbocycles. The third kappa shape index (κ3) is 3.27. The van der Waals surface area contributed by atoms with Crippen molar-refractivity contribution in [1.29, 1.82) is 0 Å². The number of rotatable bonds is 6. The third-order valence-electron chi connectivity index (χ3n) is 3.85. The molecule has 1 aromatic carbocycles. The molecule has 0 bridgehead atoms. The molecule has 22 heavy (non-hydrogen) atoms. The summed E-state index contributed by atoms with van der Waals surface area (Å²) in [7, 11) is 1.96.